The number of hydrogen-bond acceptors (Lipinski definition) is 5. The number of nitrogens with one attached hydrogen (secondary N) is 1. The van der Waals surface area contributed by atoms with E-state index >= 15 is 0 Å². The summed E-state index contributed by atoms with van der Waals surface area (Å²) in [5.41, 5.74) is 6.73. The van der Waals surface area contributed by atoms with Crippen molar-refractivity contribution in [1.82, 2.24) is 15.0 Å². The number of hydrogen-bond donors (Lipinski definition) is 2. The molecule has 6 nitrogen and oxygen atoms in total. The van der Waals surface area contributed by atoms with Crippen molar-refractivity contribution < 1.29 is 4.79 Å². The Kier molecular flexibility index (Phi) is 3.25. The van der Waals surface area contributed by atoms with Gasteiger partial charge in [0.1, 0.15) is 0 Å². The number of amides is 1. The summed E-state index contributed by atoms with van der Waals surface area (Å²) in [7, 11) is 0. The molecule has 2 aromatic rings. The number of pyridine rings is 1. The maximum atomic E-state index is 11.6. The third kappa shape index (κ3) is 3.23. The van der Waals surface area contributed by atoms with Crippen molar-refractivity contribution >= 4 is 17.4 Å². The predicted molar refractivity (Wildman–Crippen MR) is 63.0 cm³/mol. The third-order valence-electron chi connectivity index (χ3n) is 2.02. The topological polar surface area (TPSA) is 93.8 Å². The van der Waals surface area contributed by atoms with Crippen molar-refractivity contribution in [3.05, 3.63) is 42.6 Å². The van der Waals surface area contributed by atoms with Gasteiger partial charge >= 0.3 is 0 Å². The van der Waals surface area contributed by atoms with E-state index in [-0.39, 0.29) is 12.3 Å². The highest BCUT2D eigenvalue weighted by molar-refractivity contribution is 5.90. The van der Waals surface area contributed by atoms with Gasteiger partial charge in [-0.25, -0.2) is 4.98 Å². The van der Waals surface area contributed by atoms with Crippen LogP contribution in [-0.4, -0.2) is 20.9 Å². The quantitative estimate of drug-likeness (QED) is 0.805. The largest absolute Gasteiger partial charge is 0.397 e. The molecule has 17 heavy (non-hydrogen) atoms. The van der Waals surface area contributed by atoms with Crippen LogP contribution in [0.1, 0.15) is 5.69 Å². The lowest BCUT2D eigenvalue weighted by molar-refractivity contribution is -0.115. The van der Waals surface area contributed by atoms with Crippen LogP contribution < -0.4 is 11.1 Å². The second-order valence-electron chi connectivity index (χ2n) is 3.40. The summed E-state index contributed by atoms with van der Waals surface area (Å²) >= 11 is 0. The first-order valence-electron chi connectivity index (χ1n) is 5.00. The summed E-state index contributed by atoms with van der Waals surface area (Å²) in [5, 5.41) is 2.62. The number of carbonyl (C=O) groups is 1. The van der Waals surface area contributed by atoms with Gasteiger partial charge in [-0.1, -0.05) is 0 Å². The van der Waals surface area contributed by atoms with E-state index < -0.39 is 0 Å². The molecule has 6 heteroatoms. The number of anilines is 2. The van der Waals surface area contributed by atoms with Crippen LogP contribution >= 0.6 is 0 Å². The first-order chi connectivity index (χ1) is 8.24. The van der Waals surface area contributed by atoms with Gasteiger partial charge in [0, 0.05) is 18.1 Å². The van der Waals surface area contributed by atoms with E-state index in [1.54, 1.807) is 12.1 Å². The van der Waals surface area contributed by atoms with E-state index in [1.807, 2.05) is 0 Å². The van der Waals surface area contributed by atoms with Crippen LogP contribution in [0.2, 0.25) is 0 Å². The average molecular weight is 229 g/mol. The molecule has 0 atom stereocenters. The van der Waals surface area contributed by atoms with E-state index in [0.717, 1.165) is 0 Å². The number of rotatable bonds is 3. The SMILES string of the molecule is Nc1ccc(CC(=O)Nc2cnccn2)nc1. The number of nitrogens with zero attached hydrogens (tertiary/aromatic N) is 3. The van der Waals surface area contributed by atoms with Gasteiger partial charge in [0.2, 0.25) is 5.91 Å². The Bertz CT molecular complexity index is 497. The standard InChI is InChI=1S/C11H11N5O/c12-8-1-2-9(15-6-8)5-11(17)16-10-7-13-3-4-14-10/h1-4,6-7H,5,12H2,(H,14,16,17). The molecule has 1 amide bonds. The van der Waals surface area contributed by atoms with Gasteiger partial charge in [-0.05, 0) is 12.1 Å². The van der Waals surface area contributed by atoms with Gasteiger partial charge in [-0.3, -0.25) is 14.8 Å². The molecule has 86 valence electrons. The van der Waals surface area contributed by atoms with Gasteiger partial charge in [0.25, 0.3) is 0 Å². The van der Waals surface area contributed by atoms with Gasteiger partial charge in [0.15, 0.2) is 5.82 Å². The first kappa shape index (κ1) is 11.0. The normalized spacial score (nSPS) is 9.88. The first-order valence-corrected chi connectivity index (χ1v) is 5.00. The molecule has 0 aromatic carbocycles. The van der Waals surface area contributed by atoms with Gasteiger partial charge < -0.3 is 11.1 Å². The fourth-order valence-electron chi connectivity index (χ4n) is 1.26. The summed E-state index contributed by atoms with van der Waals surface area (Å²) in [6, 6.07) is 3.42. The summed E-state index contributed by atoms with van der Waals surface area (Å²) in [4.78, 5) is 23.4. The Morgan fingerprint density at radius 2 is 2.12 bits per heavy atom. The molecule has 0 saturated carbocycles. The minimum Gasteiger partial charge on any atom is -0.397 e. The van der Waals surface area contributed by atoms with Gasteiger partial charge in [0.05, 0.1) is 24.5 Å². The van der Waals surface area contributed by atoms with E-state index in [0.29, 0.717) is 17.2 Å². The van der Waals surface area contributed by atoms with Gasteiger partial charge in [-0.2, -0.15) is 0 Å². The number of aromatic nitrogens is 3. The van der Waals surface area contributed by atoms with Crippen molar-refractivity contribution in [2.45, 2.75) is 6.42 Å². The smallest absolute Gasteiger partial charge is 0.231 e. The maximum absolute atomic E-state index is 11.6. The molecule has 0 aliphatic heterocycles. The number of nitrogens with two attached hydrogens (primary N) is 1. The minimum absolute atomic E-state index is 0.177. The van der Waals surface area contributed by atoms with Gasteiger partial charge in [-0.15, -0.1) is 0 Å². The molecule has 0 aliphatic rings. The predicted octanol–water partition coefficient (Wildman–Crippen LogP) is 0.635. The minimum atomic E-state index is -0.192. The zero-order chi connectivity index (χ0) is 12.1. The highest BCUT2D eigenvalue weighted by atomic mass is 16.1. The lowest BCUT2D eigenvalue weighted by atomic mass is 10.2. The second-order valence-corrected chi connectivity index (χ2v) is 3.40. The Morgan fingerprint density at radius 1 is 1.24 bits per heavy atom. The van der Waals surface area contributed by atoms with Crippen LogP contribution in [0.3, 0.4) is 0 Å². The summed E-state index contributed by atoms with van der Waals surface area (Å²) in [5.74, 6) is 0.232. The van der Waals surface area contributed by atoms with Crippen LogP contribution in [0.5, 0.6) is 0 Å². The highest BCUT2D eigenvalue weighted by Crippen LogP contribution is 2.03. The Hall–Kier alpha value is -2.50. The second kappa shape index (κ2) is 5.02. The van der Waals surface area contributed by atoms with Crippen LogP contribution in [0.15, 0.2) is 36.9 Å². The lowest BCUT2D eigenvalue weighted by Gasteiger charge is -2.03. The van der Waals surface area contributed by atoms with Crippen LogP contribution in [-0.2, 0) is 11.2 Å². The molecule has 2 aromatic heterocycles. The molecule has 2 heterocycles. The highest BCUT2D eigenvalue weighted by Gasteiger charge is 2.05. The molecular formula is C11H11N5O. The lowest BCUT2D eigenvalue weighted by Crippen LogP contribution is -2.16. The Morgan fingerprint density at radius 3 is 2.76 bits per heavy atom. The van der Waals surface area contributed by atoms with Crippen LogP contribution in [0, 0.1) is 0 Å². The zero-order valence-corrected chi connectivity index (χ0v) is 9.00. The summed E-state index contributed by atoms with van der Waals surface area (Å²) < 4.78 is 0. The summed E-state index contributed by atoms with van der Waals surface area (Å²) in [6.07, 6.45) is 6.23. The molecular weight excluding hydrogens is 218 g/mol. The fraction of sp³-hybridized carbons (Fsp3) is 0.0909. The third-order valence-corrected chi connectivity index (χ3v) is 2.02. The van der Waals surface area contributed by atoms with E-state index in [9.17, 15) is 4.79 Å². The average Bonchev–Trinajstić information content (AvgIpc) is 2.33. The molecule has 0 fully saturated rings. The zero-order valence-electron chi connectivity index (χ0n) is 9.00. The molecule has 0 saturated heterocycles. The molecule has 2 rings (SSSR count). The molecule has 3 N–H and O–H groups in total. The van der Waals surface area contributed by atoms with Crippen LogP contribution in [0.4, 0.5) is 11.5 Å². The van der Waals surface area contributed by atoms with E-state index in [4.69, 9.17) is 5.73 Å². The van der Waals surface area contributed by atoms with Crippen molar-refractivity contribution in [1.29, 1.82) is 0 Å². The van der Waals surface area contributed by atoms with Crippen molar-refractivity contribution in [3.63, 3.8) is 0 Å². The molecule has 0 spiro atoms. The fourth-order valence-corrected chi connectivity index (χ4v) is 1.26. The van der Waals surface area contributed by atoms with Crippen molar-refractivity contribution in [2.24, 2.45) is 0 Å². The van der Waals surface area contributed by atoms with Crippen LogP contribution in [0.25, 0.3) is 0 Å². The Balaban J connectivity index is 1.96. The van der Waals surface area contributed by atoms with E-state index in [1.165, 1.54) is 24.8 Å². The molecule has 0 radical (unpaired) electrons. The number of nitrogen functional groups attached to an aromatic ring is 1. The summed E-state index contributed by atoms with van der Waals surface area (Å²) in [6.45, 7) is 0. The Labute approximate surface area is 97.9 Å². The van der Waals surface area contributed by atoms with E-state index in [2.05, 4.69) is 20.3 Å². The monoisotopic (exact) mass is 229 g/mol. The number of carbonyl (C=O) groups excluding carboxylic acids is 1. The molecule has 0 unspecified atom stereocenters. The molecule has 0 aliphatic carbocycles. The molecule has 0 bridgehead atoms. The van der Waals surface area contributed by atoms with Crippen molar-refractivity contribution in [2.75, 3.05) is 11.1 Å². The maximum Gasteiger partial charge on any atom is 0.231 e. The van der Waals surface area contributed by atoms with Crippen molar-refractivity contribution in [3.8, 4) is 0 Å².